The molecule has 2 aliphatic rings. The van der Waals surface area contributed by atoms with Gasteiger partial charge in [0.15, 0.2) is 0 Å². The van der Waals surface area contributed by atoms with Gasteiger partial charge in [-0.05, 0) is 37.9 Å². The smallest absolute Gasteiger partial charge is 0.249 e. The van der Waals surface area contributed by atoms with Gasteiger partial charge in [0, 0.05) is 18.8 Å². The van der Waals surface area contributed by atoms with Crippen LogP contribution in [0.5, 0.6) is 0 Å². The van der Waals surface area contributed by atoms with E-state index in [1.165, 1.54) is 0 Å². The van der Waals surface area contributed by atoms with Gasteiger partial charge in [-0.15, -0.1) is 0 Å². The molecule has 21 heavy (non-hydrogen) atoms. The summed E-state index contributed by atoms with van der Waals surface area (Å²) < 4.78 is 0. The topological polar surface area (TPSA) is 61.4 Å². The van der Waals surface area contributed by atoms with Crippen molar-refractivity contribution in [2.75, 3.05) is 24.5 Å². The largest absolute Gasteiger partial charge is 0.344 e. The number of hydrogen-bond acceptors (Lipinski definition) is 3. The SMILES string of the molecule is O=C(NC1CCCN(c2ccccc2)C1=O)C1CCNC1. The highest BCUT2D eigenvalue weighted by Crippen LogP contribution is 2.21. The Labute approximate surface area is 124 Å². The van der Waals surface area contributed by atoms with E-state index in [-0.39, 0.29) is 23.8 Å². The molecule has 1 aromatic carbocycles. The molecule has 2 aliphatic heterocycles. The van der Waals surface area contributed by atoms with Crippen molar-refractivity contribution in [3.8, 4) is 0 Å². The minimum atomic E-state index is -0.382. The van der Waals surface area contributed by atoms with E-state index in [9.17, 15) is 9.59 Å². The lowest BCUT2D eigenvalue weighted by molar-refractivity contribution is -0.130. The van der Waals surface area contributed by atoms with Crippen LogP contribution in [0.1, 0.15) is 19.3 Å². The average Bonchev–Trinajstić information content (AvgIpc) is 3.05. The number of amides is 2. The third kappa shape index (κ3) is 3.08. The lowest BCUT2D eigenvalue weighted by Gasteiger charge is -2.33. The van der Waals surface area contributed by atoms with E-state index < -0.39 is 0 Å². The van der Waals surface area contributed by atoms with Crippen LogP contribution < -0.4 is 15.5 Å². The maximum atomic E-state index is 12.6. The molecule has 5 nitrogen and oxygen atoms in total. The molecule has 0 aromatic heterocycles. The summed E-state index contributed by atoms with van der Waals surface area (Å²) in [6.07, 6.45) is 2.50. The van der Waals surface area contributed by atoms with Gasteiger partial charge in [0.25, 0.3) is 0 Å². The molecule has 2 N–H and O–H groups in total. The Morgan fingerprint density at radius 3 is 2.76 bits per heavy atom. The van der Waals surface area contributed by atoms with E-state index in [4.69, 9.17) is 0 Å². The molecule has 1 aromatic rings. The number of carbonyl (C=O) groups is 2. The van der Waals surface area contributed by atoms with Crippen LogP contribution >= 0.6 is 0 Å². The van der Waals surface area contributed by atoms with E-state index in [2.05, 4.69) is 10.6 Å². The molecule has 0 spiro atoms. The Balaban J connectivity index is 1.66. The number of carbonyl (C=O) groups excluding carboxylic acids is 2. The molecule has 112 valence electrons. The molecule has 2 saturated heterocycles. The lowest BCUT2D eigenvalue weighted by Crippen LogP contribution is -2.53. The first-order valence-corrected chi connectivity index (χ1v) is 7.63. The highest BCUT2D eigenvalue weighted by molar-refractivity contribution is 6.00. The summed E-state index contributed by atoms with van der Waals surface area (Å²) in [6, 6.07) is 9.27. The number of benzene rings is 1. The van der Waals surface area contributed by atoms with E-state index in [0.29, 0.717) is 0 Å². The van der Waals surface area contributed by atoms with Crippen LogP contribution in [0.25, 0.3) is 0 Å². The Bertz CT molecular complexity index is 512. The molecule has 0 radical (unpaired) electrons. The first-order valence-electron chi connectivity index (χ1n) is 7.63. The first-order chi connectivity index (χ1) is 10.3. The van der Waals surface area contributed by atoms with Crippen LogP contribution in [0, 0.1) is 5.92 Å². The minimum Gasteiger partial charge on any atom is -0.344 e. The Hall–Kier alpha value is -1.88. The fourth-order valence-electron chi connectivity index (χ4n) is 3.04. The Morgan fingerprint density at radius 2 is 2.05 bits per heavy atom. The molecule has 0 saturated carbocycles. The van der Waals surface area contributed by atoms with Crippen molar-refractivity contribution in [1.29, 1.82) is 0 Å². The molecule has 2 heterocycles. The van der Waals surface area contributed by atoms with Gasteiger partial charge in [-0.2, -0.15) is 0 Å². The van der Waals surface area contributed by atoms with E-state index in [0.717, 1.165) is 44.6 Å². The van der Waals surface area contributed by atoms with Gasteiger partial charge in [-0.3, -0.25) is 9.59 Å². The van der Waals surface area contributed by atoms with Gasteiger partial charge in [-0.1, -0.05) is 18.2 Å². The van der Waals surface area contributed by atoms with E-state index in [1.54, 1.807) is 4.90 Å². The van der Waals surface area contributed by atoms with Crippen LogP contribution in [0.3, 0.4) is 0 Å². The van der Waals surface area contributed by atoms with Gasteiger partial charge in [0.2, 0.25) is 11.8 Å². The molecule has 2 atom stereocenters. The molecule has 2 amide bonds. The summed E-state index contributed by atoms with van der Waals surface area (Å²) in [5.74, 6) is 0.0184. The summed E-state index contributed by atoms with van der Waals surface area (Å²) >= 11 is 0. The monoisotopic (exact) mass is 287 g/mol. The number of nitrogens with zero attached hydrogens (tertiary/aromatic N) is 1. The number of hydrogen-bond donors (Lipinski definition) is 2. The van der Waals surface area contributed by atoms with Gasteiger partial charge in [0.1, 0.15) is 6.04 Å². The van der Waals surface area contributed by atoms with Crippen LogP contribution in [-0.4, -0.2) is 37.5 Å². The summed E-state index contributed by atoms with van der Waals surface area (Å²) in [7, 11) is 0. The second-order valence-corrected chi connectivity index (χ2v) is 5.72. The van der Waals surface area contributed by atoms with E-state index in [1.807, 2.05) is 30.3 Å². The van der Waals surface area contributed by atoms with Gasteiger partial charge >= 0.3 is 0 Å². The van der Waals surface area contributed by atoms with Crippen molar-refractivity contribution in [2.24, 2.45) is 5.92 Å². The summed E-state index contributed by atoms with van der Waals surface area (Å²) in [6.45, 7) is 2.32. The molecule has 3 rings (SSSR count). The fourth-order valence-corrected chi connectivity index (χ4v) is 3.04. The third-order valence-corrected chi connectivity index (χ3v) is 4.25. The molecular formula is C16H21N3O2. The predicted octanol–water partition coefficient (Wildman–Crippen LogP) is 0.908. The van der Waals surface area contributed by atoms with Crippen molar-refractivity contribution in [3.05, 3.63) is 30.3 Å². The average molecular weight is 287 g/mol. The maximum absolute atomic E-state index is 12.6. The highest BCUT2D eigenvalue weighted by Gasteiger charge is 2.32. The first kappa shape index (κ1) is 14.1. The standard InChI is InChI=1S/C16H21N3O2/c20-15(12-8-9-17-11-12)18-14-7-4-10-19(16(14)21)13-5-2-1-3-6-13/h1-3,5-6,12,14,17H,4,7-11H2,(H,18,20). The lowest BCUT2D eigenvalue weighted by atomic mass is 10.0. The van der Waals surface area contributed by atoms with Gasteiger partial charge in [-0.25, -0.2) is 0 Å². The zero-order chi connectivity index (χ0) is 14.7. The van der Waals surface area contributed by atoms with E-state index >= 15 is 0 Å². The molecule has 2 unspecified atom stereocenters. The maximum Gasteiger partial charge on any atom is 0.249 e. The Kier molecular flexibility index (Phi) is 4.20. The van der Waals surface area contributed by atoms with Crippen LogP contribution in [0.15, 0.2) is 30.3 Å². The normalized spacial score (nSPS) is 25.9. The molecular weight excluding hydrogens is 266 g/mol. The number of piperidine rings is 1. The molecule has 2 fully saturated rings. The minimum absolute atomic E-state index is 0.00454. The quantitative estimate of drug-likeness (QED) is 0.868. The van der Waals surface area contributed by atoms with Crippen LogP contribution in [0.2, 0.25) is 0 Å². The fraction of sp³-hybridized carbons (Fsp3) is 0.500. The number of nitrogens with one attached hydrogen (secondary N) is 2. The van der Waals surface area contributed by atoms with Crippen molar-refractivity contribution in [1.82, 2.24) is 10.6 Å². The second kappa shape index (κ2) is 6.26. The molecule has 0 bridgehead atoms. The number of para-hydroxylation sites is 1. The predicted molar refractivity (Wildman–Crippen MR) is 80.9 cm³/mol. The van der Waals surface area contributed by atoms with Crippen molar-refractivity contribution in [3.63, 3.8) is 0 Å². The highest BCUT2D eigenvalue weighted by atomic mass is 16.2. The zero-order valence-corrected chi connectivity index (χ0v) is 12.0. The third-order valence-electron chi connectivity index (χ3n) is 4.25. The summed E-state index contributed by atoms with van der Waals surface area (Å²) in [5, 5.41) is 6.12. The van der Waals surface area contributed by atoms with Crippen LogP contribution in [0.4, 0.5) is 5.69 Å². The summed E-state index contributed by atoms with van der Waals surface area (Å²) in [5.41, 5.74) is 0.906. The van der Waals surface area contributed by atoms with Gasteiger partial charge < -0.3 is 15.5 Å². The second-order valence-electron chi connectivity index (χ2n) is 5.72. The summed E-state index contributed by atoms with van der Waals surface area (Å²) in [4.78, 5) is 26.5. The van der Waals surface area contributed by atoms with Gasteiger partial charge in [0.05, 0.1) is 5.92 Å². The van der Waals surface area contributed by atoms with Crippen molar-refractivity contribution in [2.45, 2.75) is 25.3 Å². The van der Waals surface area contributed by atoms with Crippen molar-refractivity contribution >= 4 is 17.5 Å². The molecule has 5 heteroatoms. The Morgan fingerprint density at radius 1 is 1.24 bits per heavy atom. The van der Waals surface area contributed by atoms with Crippen LogP contribution in [-0.2, 0) is 9.59 Å². The van der Waals surface area contributed by atoms with Crippen molar-refractivity contribution < 1.29 is 9.59 Å². The molecule has 0 aliphatic carbocycles. The number of rotatable bonds is 3. The zero-order valence-electron chi connectivity index (χ0n) is 12.0. The number of anilines is 1.